The van der Waals surface area contributed by atoms with Crippen molar-refractivity contribution in [2.45, 2.75) is 19.4 Å². The second-order valence-corrected chi connectivity index (χ2v) is 8.28. The van der Waals surface area contributed by atoms with Gasteiger partial charge < -0.3 is 15.1 Å². The summed E-state index contributed by atoms with van der Waals surface area (Å²) in [6, 6.07) is 5.03. The van der Waals surface area contributed by atoms with Crippen molar-refractivity contribution in [3.8, 4) is 6.07 Å². The third-order valence-electron chi connectivity index (χ3n) is 5.44. The fourth-order valence-corrected chi connectivity index (χ4v) is 3.72. The summed E-state index contributed by atoms with van der Waals surface area (Å²) in [4.78, 5) is 50.6. The molecule has 0 unspecified atom stereocenters. The number of nitrogens with zero attached hydrogens (tertiary/aromatic N) is 6. The number of nitrogens with one attached hydrogen (secondary N) is 2. The van der Waals surface area contributed by atoms with E-state index in [1.807, 2.05) is 26.2 Å². The predicted molar refractivity (Wildman–Crippen MR) is 128 cm³/mol. The molecule has 11 nitrogen and oxygen atoms in total. The minimum Gasteiger partial charge on any atom is -0.387 e. The lowest BCUT2D eigenvalue weighted by Gasteiger charge is -2.29. The van der Waals surface area contributed by atoms with Crippen molar-refractivity contribution in [2.75, 3.05) is 56.8 Å². The fourth-order valence-electron chi connectivity index (χ4n) is 3.72. The Labute approximate surface area is 198 Å². The van der Waals surface area contributed by atoms with Gasteiger partial charge in [0, 0.05) is 45.0 Å². The number of carbonyl (C=O) groups excluding carboxylic acids is 3. The van der Waals surface area contributed by atoms with Crippen LogP contribution in [0.2, 0.25) is 0 Å². The Morgan fingerprint density at radius 2 is 2.06 bits per heavy atom. The van der Waals surface area contributed by atoms with E-state index >= 15 is 0 Å². The Balaban J connectivity index is 1.84. The van der Waals surface area contributed by atoms with Gasteiger partial charge >= 0.3 is 6.03 Å². The molecule has 0 saturated heterocycles. The largest absolute Gasteiger partial charge is 0.387 e. The number of urea groups is 1. The van der Waals surface area contributed by atoms with Gasteiger partial charge in [0.15, 0.2) is 6.29 Å². The van der Waals surface area contributed by atoms with E-state index in [1.165, 1.54) is 11.1 Å². The lowest BCUT2D eigenvalue weighted by Crippen LogP contribution is -2.40. The van der Waals surface area contributed by atoms with Crippen molar-refractivity contribution in [1.82, 2.24) is 19.8 Å². The van der Waals surface area contributed by atoms with Crippen LogP contribution in [-0.2, 0) is 17.8 Å². The molecule has 3 heterocycles. The molecule has 0 radical (unpaired) electrons. The predicted octanol–water partition coefficient (Wildman–Crippen LogP) is 1.71. The first-order chi connectivity index (χ1) is 16.3. The summed E-state index contributed by atoms with van der Waals surface area (Å²) >= 11 is 0. The lowest BCUT2D eigenvalue weighted by atomic mass is 10.0. The number of likely N-dealkylation sites (N-methyl/N-ethyl adjacent to an activating group) is 2. The van der Waals surface area contributed by atoms with Crippen molar-refractivity contribution in [2.24, 2.45) is 0 Å². The first kappa shape index (κ1) is 24.6. The van der Waals surface area contributed by atoms with Gasteiger partial charge in [0.1, 0.15) is 23.4 Å². The molecular weight excluding hydrogens is 436 g/mol. The molecule has 0 saturated carbocycles. The average molecular weight is 465 g/mol. The number of hydrogen-bond donors (Lipinski definition) is 2. The van der Waals surface area contributed by atoms with E-state index in [2.05, 4.69) is 20.6 Å². The maximum absolute atomic E-state index is 13.0. The highest BCUT2D eigenvalue weighted by Crippen LogP contribution is 2.28. The van der Waals surface area contributed by atoms with Crippen LogP contribution in [0.15, 0.2) is 18.3 Å². The molecule has 2 aromatic heterocycles. The summed E-state index contributed by atoms with van der Waals surface area (Å²) < 4.78 is 0. The van der Waals surface area contributed by atoms with Crippen LogP contribution in [0.3, 0.4) is 0 Å². The standard InChI is InChI=1S/C23H28N8O3/c1-25-18-9-20(26-11-17(18)10-24)28-23(34)31-7-5-6-15-8-16(19(14-32)27-22(15)31)12-30(4)21(33)13-29(2)3/h8-9,11,14H,5-7,12-13H2,1-4H3,(H2,25,26,28,34). The number of aromatic nitrogens is 2. The first-order valence-electron chi connectivity index (χ1n) is 10.8. The van der Waals surface area contributed by atoms with Crippen LogP contribution in [0.1, 0.15) is 33.6 Å². The second kappa shape index (κ2) is 10.7. The molecule has 0 spiro atoms. The lowest BCUT2D eigenvalue weighted by molar-refractivity contribution is -0.131. The molecule has 1 aliphatic heterocycles. The quantitative estimate of drug-likeness (QED) is 0.592. The zero-order chi connectivity index (χ0) is 24.8. The van der Waals surface area contributed by atoms with Gasteiger partial charge in [-0.2, -0.15) is 5.26 Å². The van der Waals surface area contributed by atoms with Crippen LogP contribution in [0.4, 0.5) is 22.1 Å². The van der Waals surface area contributed by atoms with Crippen LogP contribution < -0.4 is 15.5 Å². The van der Waals surface area contributed by atoms with Crippen molar-refractivity contribution in [3.63, 3.8) is 0 Å². The highest BCUT2D eigenvalue weighted by Gasteiger charge is 2.27. The zero-order valence-electron chi connectivity index (χ0n) is 19.8. The summed E-state index contributed by atoms with van der Waals surface area (Å²) in [5.41, 5.74) is 2.57. The third kappa shape index (κ3) is 5.47. The number of hydrogen-bond acceptors (Lipinski definition) is 8. The summed E-state index contributed by atoms with van der Waals surface area (Å²) in [5, 5.41) is 14.8. The topological polar surface area (TPSA) is 135 Å². The van der Waals surface area contributed by atoms with E-state index < -0.39 is 6.03 Å². The summed E-state index contributed by atoms with van der Waals surface area (Å²) in [6.07, 6.45) is 3.45. The molecule has 178 valence electrons. The number of amides is 3. The summed E-state index contributed by atoms with van der Waals surface area (Å²) in [5.74, 6) is 0.629. The van der Waals surface area contributed by atoms with E-state index in [4.69, 9.17) is 5.26 Å². The van der Waals surface area contributed by atoms with Crippen molar-refractivity contribution < 1.29 is 14.4 Å². The maximum Gasteiger partial charge on any atom is 0.328 e. The molecule has 0 aromatic carbocycles. The highest BCUT2D eigenvalue weighted by molar-refractivity contribution is 6.01. The molecule has 0 aliphatic carbocycles. The number of carbonyl (C=O) groups is 3. The molecule has 34 heavy (non-hydrogen) atoms. The normalized spacial score (nSPS) is 12.5. The SMILES string of the molecule is CNc1cc(NC(=O)N2CCCc3cc(CN(C)C(=O)CN(C)C)c(C=O)nc32)ncc1C#N. The smallest absolute Gasteiger partial charge is 0.328 e. The number of anilines is 3. The van der Waals surface area contributed by atoms with Gasteiger partial charge in [-0.3, -0.25) is 19.8 Å². The average Bonchev–Trinajstić information content (AvgIpc) is 2.82. The Hall–Kier alpha value is -4.04. The molecule has 3 amide bonds. The number of fused-ring (bicyclic) bond motifs is 1. The summed E-state index contributed by atoms with van der Waals surface area (Å²) in [6.45, 7) is 0.937. The second-order valence-electron chi connectivity index (χ2n) is 8.28. The highest BCUT2D eigenvalue weighted by atomic mass is 16.2. The third-order valence-corrected chi connectivity index (χ3v) is 5.44. The van der Waals surface area contributed by atoms with Crippen molar-refractivity contribution in [3.05, 3.63) is 40.7 Å². The Bertz CT molecular complexity index is 1140. The maximum atomic E-state index is 13.0. The van der Waals surface area contributed by atoms with Crippen LogP contribution in [-0.4, -0.2) is 79.3 Å². The van der Waals surface area contributed by atoms with Crippen molar-refractivity contribution >= 4 is 35.5 Å². The molecular formula is C23H28N8O3. The van der Waals surface area contributed by atoms with Crippen LogP contribution in [0.5, 0.6) is 0 Å². The fraction of sp³-hybridized carbons (Fsp3) is 0.391. The molecule has 11 heteroatoms. The van der Waals surface area contributed by atoms with Gasteiger partial charge in [-0.15, -0.1) is 0 Å². The molecule has 2 N–H and O–H groups in total. The monoisotopic (exact) mass is 464 g/mol. The number of aldehydes is 1. The molecule has 0 atom stereocenters. The summed E-state index contributed by atoms with van der Waals surface area (Å²) in [7, 11) is 6.99. The van der Waals surface area contributed by atoms with Gasteiger partial charge in [0.25, 0.3) is 0 Å². The van der Waals surface area contributed by atoms with Gasteiger partial charge in [-0.25, -0.2) is 14.8 Å². The van der Waals surface area contributed by atoms with Crippen molar-refractivity contribution in [1.29, 1.82) is 5.26 Å². The van der Waals surface area contributed by atoms with Crippen LogP contribution >= 0.6 is 0 Å². The Morgan fingerprint density at radius 1 is 1.29 bits per heavy atom. The molecule has 0 bridgehead atoms. The van der Waals surface area contributed by atoms with Crippen LogP contribution in [0.25, 0.3) is 0 Å². The zero-order valence-corrected chi connectivity index (χ0v) is 19.8. The Kier molecular flexibility index (Phi) is 7.75. The van der Waals surface area contributed by atoms with E-state index in [1.54, 1.807) is 30.0 Å². The van der Waals surface area contributed by atoms with Gasteiger partial charge in [0.05, 0.1) is 17.8 Å². The van der Waals surface area contributed by atoms with E-state index in [0.717, 1.165) is 12.0 Å². The Morgan fingerprint density at radius 3 is 2.71 bits per heavy atom. The van der Waals surface area contributed by atoms with E-state index in [-0.39, 0.29) is 30.5 Å². The number of aryl methyl sites for hydroxylation is 1. The van der Waals surface area contributed by atoms with Crippen LogP contribution in [0, 0.1) is 11.3 Å². The van der Waals surface area contributed by atoms with Gasteiger partial charge in [0.2, 0.25) is 5.91 Å². The molecule has 2 aromatic rings. The molecule has 3 rings (SSSR count). The van der Waals surface area contributed by atoms with E-state index in [9.17, 15) is 14.4 Å². The number of pyridine rings is 2. The van der Waals surface area contributed by atoms with Gasteiger partial charge in [-0.05, 0) is 38.6 Å². The minimum atomic E-state index is -0.435. The van der Waals surface area contributed by atoms with Gasteiger partial charge in [-0.1, -0.05) is 0 Å². The number of rotatable bonds is 7. The number of nitriles is 1. The van der Waals surface area contributed by atoms with E-state index in [0.29, 0.717) is 41.9 Å². The first-order valence-corrected chi connectivity index (χ1v) is 10.8. The molecule has 1 aliphatic rings. The minimum absolute atomic E-state index is 0.0728. The molecule has 0 fully saturated rings.